The molecule has 0 aliphatic heterocycles. The van der Waals surface area contributed by atoms with Gasteiger partial charge in [0.2, 0.25) is 5.78 Å². The van der Waals surface area contributed by atoms with Crippen molar-refractivity contribution in [1.29, 1.82) is 0 Å². The molecule has 2 N–H and O–H groups in total. The van der Waals surface area contributed by atoms with Crippen LogP contribution in [0.15, 0.2) is 63.4 Å². The number of rotatable bonds is 5. The minimum atomic E-state index is -4.46. The summed E-state index contributed by atoms with van der Waals surface area (Å²) in [4.78, 5) is 15.8. The Morgan fingerprint density at radius 3 is 2.81 bits per heavy atom. The van der Waals surface area contributed by atoms with Gasteiger partial charge in [-0.1, -0.05) is 17.8 Å². The lowest BCUT2D eigenvalue weighted by molar-refractivity contribution is -0.137. The summed E-state index contributed by atoms with van der Waals surface area (Å²) in [5.74, 6) is -1.09. The molecule has 2 heterocycles. The molecule has 26 heavy (non-hydrogen) atoms. The van der Waals surface area contributed by atoms with E-state index in [2.05, 4.69) is 15.2 Å². The van der Waals surface area contributed by atoms with Gasteiger partial charge in [-0.25, -0.2) is 4.98 Å². The molecule has 0 bridgehead atoms. The summed E-state index contributed by atoms with van der Waals surface area (Å²) in [6.07, 6.45) is -1.14. The number of allylic oxidation sites excluding steroid dienone is 1. The average Bonchev–Trinajstić information content (AvgIpc) is 3.26. The van der Waals surface area contributed by atoms with Crippen LogP contribution in [0.5, 0.6) is 0 Å². The van der Waals surface area contributed by atoms with Crippen LogP contribution in [0.25, 0.3) is 5.76 Å². The highest BCUT2D eigenvalue weighted by molar-refractivity contribution is 7.99. The van der Waals surface area contributed by atoms with Crippen molar-refractivity contribution in [2.45, 2.75) is 16.2 Å². The van der Waals surface area contributed by atoms with Crippen molar-refractivity contribution in [1.82, 2.24) is 15.2 Å². The molecule has 3 aromatic rings. The van der Waals surface area contributed by atoms with E-state index in [9.17, 15) is 23.1 Å². The standard InChI is InChI=1S/C16H10F3N3O3S/c17-16(18,19)9-2-1-3-10(6-9)26-15-11(4-5-25-15)12(23)7-13(24)14-20-8-21-22-14/h1-8,23H,(H,20,21,22). The number of ketones is 1. The summed E-state index contributed by atoms with van der Waals surface area (Å²) in [6, 6.07) is 6.08. The summed E-state index contributed by atoms with van der Waals surface area (Å²) in [5, 5.41) is 16.2. The van der Waals surface area contributed by atoms with Crippen LogP contribution in [-0.4, -0.2) is 26.1 Å². The van der Waals surface area contributed by atoms with Gasteiger partial charge in [0.05, 0.1) is 17.4 Å². The number of H-pyrrole nitrogens is 1. The first-order valence-electron chi connectivity index (χ1n) is 7.08. The van der Waals surface area contributed by atoms with Gasteiger partial charge in [-0.05, 0) is 24.3 Å². The largest absolute Gasteiger partial charge is 0.507 e. The van der Waals surface area contributed by atoms with Crippen molar-refractivity contribution in [3.63, 3.8) is 0 Å². The third kappa shape index (κ3) is 3.97. The maximum atomic E-state index is 12.8. The Kier molecular flexibility index (Phi) is 4.85. The molecule has 0 spiro atoms. The minimum absolute atomic E-state index is 0.0628. The molecule has 0 unspecified atom stereocenters. The zero-order chi connectivity index (χ0) is 18.7. The number of carbonyl (C=O) groups excluding carboxylic acids is 1. The summed E-state index contributed by atoms with van der Waals surface area (Å²) in [7, 11) is 0. The number of benzene rings is 1. The number of nitrogens with zero attached hydrogens (tertiary/aromatic N) is 2. The number of halogens is 3. The number of alkyl halides is 3. The van der Waals surface area contributed by atoms with Crippen molar-refractivity contribution in [2.24, 2.45) is 0 Å². The fraction of sp³-hybridized carbons (Fsp3) is 0.0625. The third-order valence-corrected chi connectivity index (χ3v) is 4.18. The molecule has 0 fully saturated rings. The molecule has 0 radical (unpaired) electrons. The Labute approximate surface area is 148 Å². The summed E-state index contributed by atoms with van der Waals surface area (Å²) < 4.78 is 43.6. The zero-order valence-electron chi connectivity index (χ0n) is 12.8. The van der Waals surface area contributed by atoms with Crippen LogP contribution in [0.3, 0.4) is 0 Å². The second kappa shape index (κ2) is 7.08. The van der Waals surface area contributed by atoms with Crippen LogP contribution in [0, 0.1) is 0 Å². The van der Waals surface area contributed by atoms with Crippen LogP contribution < -0.4 is 0 Å². The molecule has 0 aliphatic carbocycles. The molecule has 0 saturated carbocycles. The van der Waals surface area contributed by atoms with E-state index in [-0.39, 0.29) is 21.4 Å². The molecule has 3 rings (SSSR count). The molecule has 6 nitrogen and oxygen atoms in total. The van der Waals surface area contributed by atoms with Gasteiger partial charge < -0.3 is 9.52 Å². The van der Waals surface area contributed by atoms with Crippen LogP contribution in [0.2, 0.25) is 0 Å². The summed E-state index contributed by atoms with van der Waals surface area (Å²) >= 11 is 0.889. The molecule has 0 atom stereocenters. The molecule has 134 valence electrons. The third-order valence-electron chi connectivity index (χ3n) is 3.19. The van der Waals surface area contributed by atoms with E-state index in [1.807, 2.05) is 0 Å². The van der Waals surface area contributed by atoms with Gasteiger partial charge in [-0.2, -0.15) is 18.3 Å². The van der Waals surface area contributed by atoms with Gasteiger partial charge in [-0.15, -0.1) is 0 Å². The molecular weight excluding hydrogens is 371 g/mol. The van der Waals surface area contributed by atoms with Gasteiger partial charge in [0.1, 0.15) is 12.1 Å². The lowest BCUT2D eigenvalue weighted by Gasteiger charge is -2.08. The lowest BCUT2D eigenvalue weighted by Crippen LogP contribution is -2.04. The number of aromatic nitrogens is 3. The number of carbonyl (C=O) groups is 1. The topological polar surface area (TPSA) is 92.0 Å². The first-order chi connectivity index (χ1) is 12.3. The molecule has 1 aromatic carbocycles. The van der Waals surface area contributed by atoms with E-state index in [0.717, 1.165) is 36.3 Å². The normalized spacial score (nSPS) is 12.3. The Morgan fingerprint density at radius 2 is 2.12 bits per heavy atom. The second-order valence-corrected chi connectivity index (χ2v) is 6.02. The Bertz CT molecular complexity index is 949. The Hall–Kier alpha value is -3.01. The SMILES string of the molecule is O=C(C=C(O)c1ccoc1Sc1cccc(C(F)(F)F)c1)c1ncn[nH]1. The van der Waals surface area contributed by atoms with Gasteiger partial charge in [-0.3, -0.25) is 9.89 Å². The highest BCUT2D eigenvalue weighted by atomic mass is 32.2. The average molecular weight is 381 g/mol. The minimum Gasteiger partial charge on any atom is -0.507 e. The molecule has 0 amide bonds. The lowest BCUT2D eigenvalue weighted by atomic mass is 10.2. The highest BCUT2D eigenvalue weighted by Gasteiger charge is 2.30. The number of hydrogen-bond donors (Lipinski definition) is 2. The predicted octanol–water partition coefficient (Wildman–Crippen LogP) is 4.35. The number of nitrogens with one attached hydrogen (secondary N) is 1. The number of aliphatic hydroxyl groups excluding tert-OH is 1. The van der Waals surface area contributed by atoms with E-state index in [0.29, 0.717) is 0 Å². The molecule has 0 aliphatic rings. The summed E-state index contributed by atoms with van der Waals surface area (Å²) in [6.45, 7) is 0. The second-order valence-electron chi connectivity index (χ2n) is 4.98. The smallest absolute Gasteiger partial charge is 0.416 e. The number of aliphatic hydroxyl groups is 1. The van der Waals surface area contributed by atoms with Crippen LogP contribution in [0.4, 0.5) is 13.2 Å². The van der Waals surface area contributed by atoms with Gasteiger partial charge in [0, 0.05) is 11.0 Å². The highest BCUT2D eigenvalue weighted by Crippen LogP contribution is 2.37. The van der Waals surface area contributed by atoms with Crippen molar-refractivity contribution in [2.75, 3.05) is 0 Å². The van der Waals surface area contributed by atoms with E-state index >= 15 is 0 Å². The quantitative estimate of drug-likeness (QED) is 0.388. The van der Waals surface area contributed by atoms with Gasteiger partial charge in [0.15, 0.2) is 10.9 Å². The number of aromatic amines is 1. The van der Waals surface area contributed by atoms with Crippen molar-refractivity contribution >= 4 is 23.3 Å². The van der Waals surface area contributed by atoms with E-state index in [1.165, 1.54) is 24.5 Å². The maximum Gasteiger partial charge on any atom is 0.416 e. The van der Waals surface area contributed by atoms with Crippen LogP contribution >= 0.6 is 11.8 Å². The fourth-order valence-electron chi connectivity index (χ4n) is 2.00. The molecule has 2 aromatic heterocycles. The molecule has 10 heteroatoms. The Balaban J connectivity index is 1.84. The first kappa shape index (κ1) is 17.8. The monoisotopic (exact) mass is 381 g/mol. The zero-order valence-corrected chi connectivity index (χ0v) is 13.6. The Morgan fingerprint density at radius 1 is 1.31 bits per heavy atom. The van der Waals surface area contributed by atoms with Gasteiger partial charge in [0.25, 0.3) is 0 Å². The molecular formula is C16H10F3N3O3S. The first-order valence-corrected chi connectivity index (χ1v) is 7.89. The van der Waals surface area contributed by atoms with Crippen LogP contribution in [-0.2, 0) is 6.18 Å². The molecule has 0 saturated heterocycles. The maximum absolute atomic E-state index is 12.8. The summed E-state index contributed by atoms with van der Waals surface area (Å²) in [5.41, 5.74) is -0.629. The fourth-order valence-corrected chi connectivity index (χ4v) is 2.93. The predicted molar refractivity (Wildman–Crippen MR) is 85.6 cm³/mol. The van der Waals surface area contributed by atoms with Crippen molar-refractivity contribution in [3.8, 4) is 0 Å². The van der Waals surface area contributed by atoms with Crippen molar-refractivity contribution in [3.05, 3.63) is 65.9 Å². The number of hydrogen-bond acceptors (Lipinski definition) is 6. The van der Waals surface area contributed by atoms with Crippen LogP contribution in [0.1, 0.15) is 21.7 Å². The van der Waals surface area contributed by atoms with Gasteiger partial charge >= 0.3 is 6.18 Å². The van der Waals surface area contributed by atoms with E-state index in [1.54, 1.807) is 0 Å². The van der Waals surface area contributed by atoms with Crippen molar-refractivity contribution < 1.29 is 27.5 Å². The number of furan rings is 1. The van der Waals surface area contributed by atoms with E-state index < -0.39 is 23.3 Å². The van der Waals surface area contributed by atoms with E-state index in [4.69, 9.17) is 4.42 Å².